The fraction of sp³-hybridized carbons (Fsp3) is 0.222. The van der Waals surface area contributed by atoms with Crippen LogP contribution < -0.4 is 10.7 Å². The number of anilines is 1. The molecule has 0 unspecified atom stereocenters. The number of aromatic nitrogens is 3. The second-order valence-electron chi connectivity index (χ2n) is 6.16. The summed E-state index contributed by atoms with van der Waals surface area (Å²) < 4.78 is 3.11. The first-order valence-electron chi connectivity index (χ1n) is 8.41. The van der Waals surface area contributed by atoms with Crippen molar-refractivity contribution >= 4 is 55.1 Å². The number of thiazole rings is 2. The first-order valence-corrected chi connectivity index (χ1v) is 10.1. The van der Waals surface area contributed by atoms with Crippen molar-refractivity contribution in [1.29, 1.82) is 0 Å². The fourth-order valence-corrected chi connectivity index (χ4v) is 4.59. The monoisotopic (exact) mass is 398 g/mol. The largest absolute Gasteiger partial charge is 0.350 e. The van der Waals surface area contributed by atoms with Gasteiger partial charge in [-0.25, -0.2) is 15.4 Å². The maximum absolute atomic E-state index is 12.3. The lowest BCUT2D eigenvalue weighted by atomic mass is 10.3. The number of imidazole rings is 1. The number of hydrogen-bond acceptors (Lipinski definition) is 7. The van der Waals surface area contributed by atoms with E-state index in [1.54, 1.807) is 24.5 Å². The Bertz CT molecular complexity index is 1120. The van der Waals surface area contributed by atoms with E-state index in [1.807, 2.05) is 47.9 Å². The summed E-state index contributed by atoms with van der Waals surface area (Å²) >= 11 is 3.10. The minimum atomic E-state index is -0.461. The predicted molar refractivity (Wildman–Crippen MR) is 111 cm³/mol. The van der Waals surface area contributed by atoms with Crippen LogP contribution in [0.1, 0.15) is 24.0 Å². The van der Waals surface area contributed by atoms with Crippen LogP contribution in [0, 0.1) is 13.8 Å². The van der Waals surface area contributed by atoms with Gasteiger partial charge in [0, 0.05) is 11.1 Å². The normalized spacial score (nSPS) is 12.9. The minimum absolute atomic E-state index is 0.231. The van der Waals surface area contributed by atoms with E-state index < -0.39 is 6.04 Å². The van der Waals surface area contributed by atoms with Crippen molar-refractivity contribution in [2.75, 3.05) is 5.32 Å². The zero-order valence-electron chi connectivity index (χ0n) is 15.1. The SMILES string of the molecule is Cc1nc2scc(C)n2c1/C=N\NC(=O)[C@@H](C)Nc1nc2ccccc2s1. The van der Waals surface area contributed by atoms with E-state index in [9.17, 15) is 4.79 Å². The number of hydrazone groups is 1. The molecule has 3 heterocycles. The second kappa shape index (κ2) is 7.09. The average molecular weight is 399 g/mol. The van der Waals surface area contributed by atoms with E-state index in [4.69, 9.17) is 0 Å². The number of fused-ring (bicyclic) bond motifs is 2. The summed E-state index contributed by atoms with van der Waals surface area (Å²) in [7, 11) is 0. The first-order chi connectivity index (χ1) is 13.0. The average Bonchev–Trinajstić information content (AvgIpc) is 3.30. The van der Waals surface area contributed by atoms with Crippen molar-refractivity contribution in [3.63, 3.8) is 0 Å². The van der Waals surface area contributed by atoms with Crippen LogP contribution >= 0.6 is 22.7 Å². The molecule has 0 radical (unpaired) electrons. The van der Waals surface area contributed by atoms with Crippen LogP contribution in [-0.2, 0) is 4.79 Å². The number of aryl methyl sites for hydroxylation is 2. The quantitative estimate of drug-likeness (QED) is 0.398. The maximum Gasteiger partial charge on any atom is 0.262 e. The van der Waals surface area contributed by atoms with Crippen molar-refractivity contribution in [2.45, 2.75) is 26.8 Å². The summed E-state index contributed by atoms with van der Waals surface area (Å²) in [6, 6.07) is 7.42. The number of carbonyl (C=O) groups excluding carboxylic acids is 1. The number of rotatable bonds is 5. The Balaban J connectivity index is 1.43. The zero-order chi connectivity index (χ0) is 19.0. The third-order valence-corrected chi connectivity index (χ3v) is 6.05. The Morgan fingerprint density at radius 2 is 2.11 bits per heavy atom. The van der Waals surface area contributed by atoms with Gasteiger partial charge in [0.05, 0.1) is 27.8 Å². The highest BCUT2D eigenvalue weighted by molar-refractivity contribution is 7.22. The molecule has 1 amide bonds. The smallest absolute Gasteiger partial charge is 0.262 e. The van der Waals surface area contributed by atoms with Crippen LogP contribution in [0.3, 0.4) is 0 Å². The van der Waals surface area contributed by atoms with Gasteiger partial charge in [0.15, 0.2) is 10.1 Å². The number of para-hydroxylation sites is 1. The molecule has 0 fully saturated rings. The van der Waals surface area contributed by atoms with E-state index in [-0.39, 0.29) is 5.91 Å². The highest BCUT2D eigenvalue weighted by Crippen LogP contribution is 2.25. The van der Waals surface area contributed by atoms with Crippen LogP contribution in [0.5, 0.6) is 0 Å². The molecule has 4 aromatic rings. The third-order valence-electron chi connectivity index (χ3n) is 4.14. The molecule has 0 saturated carbocycles. The molecule has 0 saturated heterocycles. The standard InChI is InChI=1S/C18H18N6OS2/c1-10-9-26-18-21-11(2)14(24(10)18)8-19-23-16(25)12(3)20-17-22-13-6-4-5-7-15(13)27-17/h4-9,12H,1-3H3,(H,20,22)(H,23,25)/b19-8-/t12-/m1/s1. The van der Waals surface area contributed by atoms with Crippen molar-refractivity contribution in [1.82, 2.24) is 19.8 Å². The maximum atomic E-state index is 12.3. The van der Waals surface area contributed by atoms with Gasteiger partial charge >= 0.3 is 0 Å². The number of amides is 1. The number of benzene rings is 1. The van der Waals surface area contributed by atoms with E-state index in [2.05, 4.69) is 25.8 Å². The molecular weight excluding hydrogens is 380 g/mol. The molecule has 0 spiro atoms. The number of carbonyl (C=O) groups is 1. The summed E-state index contributed by atoms with van der Waals surface area (Å²) in [6.45, 7) is 5.73. The molecule has 1 atom stereocenters. The van der Waals surface area contributed by atoms with Gasteiger partial charge in [-0.1, -0.05) is 23.5 Å². The fourth-order valence-electron chi connectivity index (χ4n) is 2.72. The third kappa shape index (κ3) is 3.43. The molecule has 4 rings (SSSR count). The van der Waals surface area contributed by atoms with Crippen molar-refractivity contribution in [3.8, 4) is 0 Å². The molecule has 0 aliphatic carbocycles. The van der Waals surface area contributed by atoms with Gasteiger partial charge in [-0.2, -0.15) is 5.10 Å². The zero-order valence-corrected chi connectivity index (χ0v) is 16.7. The Kier molecular flexibility index (Phi) is 4.63. The number of nitrogens with one attached hydrogen (secondary N) is 2. The molecule has 9 heteroatoms. The van der Waals surface area contributed by atoms with Crippen molar-refractivity contribution in [3.05, 3.63) is 46.7 Å². The van der Waals surface area contributed by atoms with Crippen LogP contribution in [0.4, 0.5) is 5.13 Å². The van der Waals surface area contributed by atoms with Gasteiger partial charge < -0.3 is 5.32 Å². The van der Waals surface area contributed by atoms with Gasteiger partial charge in [0.2, 0.25) is 0 Å². The molecule has 3 aromatic heterocycles. The summed E-state index contributed by atoms with van der Waals surface area (Å²) in [5.41, 5.74) is 6.35. The van der Waals surface area contributed by atoms with Crippen LogP contribution in [0.25, 0.3) is 15.2 Å². The Hall–Kier alpha value is -2.78. The van der Waals surface area contributed by atoms with E-state index in [0.717, 1.165) is 32.3 Å². The lowest BCUT2D eigenvalue weighted by Crippen LogP contribution is -2.34. The van der Waals surface area contributed by atoms with Gasteiger partial charge in [0.25, 0.3) is 5.91 Å². The molecule has 138 valence electrons. The Morgan fingerprint density at radius 3 is 2.93 bits per heavy atom. The van der Waals surface area contributed by atoms with Crippen LogP contribution in [0.15, 0.2) is 34.7 Å². The molecule has 0 bridgehead atoms. The molecule has 27 heavy (non-hydrogen) atoms. The topological polar surface area (TPSA) is 83.7 Å². The highest BCUT2D eigenvalue weighted by Gasteiger charge is 2.15. The van der Waals surface area contributed by atoms with E-state index >= 15 is 0 Å². The lowest BCUT2D eigenvalue weighted by Gasteiger charge is -2.10. The van der Waals surface area contributed by atoms with Gasteiger partial charge in [0.1, 0.15) is 6.04 Å². The van der Waals surface area contributed by atoms with Crippen LogP contribution in [-0.4, -0.2) is 32.5 Å². The summed E-state index contributed by atoms with van der Waals surface area (Å²) in [6.07, 6.45) is 1.64. The number of hydrogen-bond donors (Lipinski definition) is 2. The minimum Gasteiger partial charge on any atom is -0.350 e. The highest BCUT2D eigenvalue weighted by atomic mass is 32.1. The predicted octanol–water partition coefficient (Wildman–Crippen LogP) is 3.57. The lowest BCUT2D eigenvalue weighted by molar-refractivity contribution is -0.121. The van der Waals surface area contributed by atoms with E-state index in [1.165, 1.54) is 11.3 Å². The molecule has 2 N–H and O–H groups in total. The van der Waals surface area contributed by atoms with Gasteiger partial charge in [-0.3, -0.25) is 9.20 Å². The summed E-state index contributed by atoms with van der Waals surface area (Å²) in [5, 5.41) is 10.00. The Morgan fingerprint density at radius 1 is 1.30 bits per heavy atom. The molecule has 1 aromatic carbocycles. The molecule has 0 aliphatic rings. The Labute approximate surface area is 163 Å². The van der Waals surface area contributed by atoms with Crippen LogP contribution in [0.2, 0.25) is 0 Å². The summed E-state index contributed by atoms with van der Waals surface area (Å²) in [5.74, 6) is -0.231. The molecular formula is C18H18N6OS2. The van der Waals surface area contributed by atoms with Crippen molar-refractivity contribution in [2.24, 2.45) is 5.10 Å². The first kappa shape index (κ1) is 17.6. The van der Waals surface area contributed by atoms with Gasteiger partial charge in [-0.15, -0.1) is 11.3 Å². The molecule has 7 nitrogen and oxygen atoms in total. The number of nitrogens with zero attached hydrogens (tertiary/aromatic N) is 4. The van der Waals surface area contributed by atoms with Crippen molar-refractivity contribution < 1.29 is 4.79 Å². The van der Waals surface area contributed by atoms with Gasteiger partial charge in [-0.05, 0) is 32.9 Å². The summed E-state index contributed by atoms with van der Waals surface area (Å²) in [4.78, 5) is 22.2. The van der Waals surface area contributed by atoms with E-state index in [0.29, 0.717) is 5.13 Å². The molecule has 0 aliphatic heterocycles. The second-order valence-corrected chi connectivity index (χ2v) is 8.03.